The molecule has 0 aliphatic heterocycles. The zero-order valence-electron chi connectivity index (χ0n) is 10.6. The van der Waals surface area contributed by atoms with Crippen LogP contribution in [0.5, 0.6) is 0 Å². The molecule has 1 heterocycles. The second-order valence-electron chi connectivity index (χ2n) is 4.20. The molecule has 0 nitrogen and oxygen atoms in total. The Bertz CT molecular complexity index is 651. The van der Waals surface area contributed by atoms with E-state index in [1.54, 1.807) is 0 Å². The zero-order valence-corrected chi connectivity index (χ0v) is 14.7. The van der Waals surface area contributed by atoms with E-state index in [9.17, 15) is 0 Å². The summed E-state index contributed by atoms with van der Waals surface area (Å²) in [6.45, 7) is 0. The van der Waals surface area contributed by atoms with E-state index in [1.165, 1.54) is 25.6 Å². The standard InChI is InChI=1S/C16H12P.2ClH.Ti/c1-3-7-13(8-4-1)15-11-12-16(17-15)14-9-5-2-6-10-14;;;/h1-11,17H;2*1H;/q;;;+2/p-2. The summed E-state index contributed by atoms with van der Waals surface area (Å²) in [5.74, 6) is 0. The monoisotopic (exact) mass is 353 g/mol. The Morgan fingerprint density at radius 1 is 0.700 bits per heavy atom. The van der Waals surface area contributed by atoms with Crippen molar-refractivity contribution in [3.8, 4) is 21.7 Å². The van der Waals surface area contributed by atoms with Crippen molar-refractivity contribution in [2.24, 2.45) is 0 Å². The molecule has 0 spiro atoms. The van der Waals surface area contributed by atoms with Crippen LogP contribution in [0.25, 0.3) is 21.7 Å². The molecule has 0 N–H and O–H groups in total. The van der Waals surface area contributed by atoms with Crippen LogP contribution < -0.4 is 28.7 Å². The van der Waals surface area contributed by atoms with Gasteiger partial charge in [-0.3, -0.25) is 0 Å². The van der Waals surface area contributed by atoms with Crippen LogP contribution >= 0.6 is 8.19 Å². The SMILES string of the molecule is [Cl-].[Cl-].[Ti+2][c]1cc(-c2ccccc2)[pH]c1-c1ccccc1. The summed E-state index contributed by atoms with van der Waals surface area (Å²) in [6.07, 6.45) is 0. The summed E-state index contributed by atoms with van der Waals surface area (Å²) in [5, 5.41) is 2.93. The minimum atomic E-state index is 0. The van der Waals surface area contributed by atoms with E-state index in [4.69, 9.17) is 0 Å². The molecule has 3 aromatic rings. The summed E-state index contributed by atoms with van der Waals surface area (Å²) in [6, 6.07) is 23.7. The Kier molecular flexibility index (Phi) is 7.10. The summed E-state index contributed by atoms with van der Waals surface area (Å²) in [4.78, 5) is 0. The van der Waals surface area contributed by atoms with E-state index in [1.807, 2.05) is 0 Å². The Morgan fingerprint density at radius 2 is 1.20 bits per heavy atom. The van der Waals surface area contributed by atoms with Gasteiger partial charge >= 0.3 is 121 Å². The molecule has 99 valence electrons. The predicted octanol–water partition coefficient (Wildman–Crippen LogP) is -1.77. The number of hydrogen-bond acceptors (Lipinski definition) is 0. The third-order valence-electron chi connectivity index (χ3n) is 2.96. The maximum atomic E-state index is 2.33. The van der Waals surface area contributed by atoms with Crippen molar-refractivity contribution >= 4 is 12.1 Å². The van der Waals surface area contributed by atoms with Crippen molar-refractivity contribution in [2.75, 3.05) is 0 Å². The molecule has 20 heavy (non-hydrogen) atoms. The second-order valence-corrected chi connectivity index (χ2v) is 6.33. The summed E-state index contributed by atoms with van der Waals surface area (Å²) in [5.41, 5.74) is 2.71. The molecule has 1 aromatic heterocycles. The van der Waals surface area contributed by atoms with Gasteiger partial charge in [-0.25, -0.2) is 0 Å². The molecule has 0 aliphatic rings. The third kappa shape index (κ3) is 3.79. The molecule has 0 aliphatic carbocycles. The molecular weight excluding hydrogens is 342 g/mol. The first-order chi connectivity index (χ1) is 8.84. The van der Waals surface area contributed by atoms with Crippen LogP contribution in [0, 0.1) is 0 Å². The van der Waals surface area contributed by atoms with E-state index in [0.717, 1.165) is 8.19 Å². The number of benzene rings is 2. The second kappa shape index (κ2) is 8.08. The fourth-order valence-corrected chi connectivity index (χ4v) is 4.34. The number of hydrogen-bond donors (Lipinski definition) is 0. The molecule has 2 aromatic carbocycles. The molecule has 0 bridgehead atoms. The normalized spacial score (nSPS) is 9.90. The van der Waals surface area contributed by atoms with Gasteiger partial charge in [-0.2, -0.15) is 0 Å². The summed E-state index contributed by atoms with van der Waals surface area (Å²) < 4.78 is 1.40. The minimum absolute atomic E-state index is 0. The number of rotatable bonds is 2. The third-order valence-corrected chi connectivity index (χ3v) is 5.48. The molecule has 0 amide bonds. The van der Waals surface area contributed by atoms with Crippen LogP contribution in [-0.4, -0.2) is 0 Å². The van der Waals surface area contributed by atoms with E-state index in [-0.39, 0.29) is 24.8 Å². The van der Waals surface area contributed by atoms with Crippen LogP contribution in [0.4, 0.5) is 0 Å². The predicted molar refractivity (Wildman–Crippen MR) is 76.4 cm³/mol. The van der Waals surface area contributed by atoms with Gasteiger partial charge in [-0.05, 0) is 0 Å². The van der Waals surface area contributed by atoms with Crippen molar-refractivity contribution in [1.29, 1.82) is 0 Å². The van der Waals surface area contributed by atoms with Gasteiger partial charge in [0.1, 0.15) is 0 Å². The average Bonchev–Trinajstić information content (AvgIpc) is 2.83. The van der Waals surface area contributed by atoms with Crippen molar-refractivity contribution in [2.45, 2.75) is 0 Å². The van der Waals surface area contributed by atoms with E-state index in [2.05, 4.69) is 87.2 Å². The quantitative estimate of drug-likeness (QED) is 0.478. The first-order valence-corrected chi connectivity index (χ1v) is 7.68. The molecule has 1 unspecified atom stereocenters. The molecular formula is C16H12Cl2PTi. The molecule has 0 radical (unpaired) electrons. The maximum absolute atomic E-state index is 2.33. The van der Waals surface area contributed by atoms with Crippen molar-refractivity contribution < 1.29 is 45.2 Å². The van der Waals surface area contributed by atoms with Crippen molar-refractivity contribution in [3.63, 3.8) is 0 Å². The number of halogens is 2. The van der Waals surface area contributed by atoms with Crippen molar-refractivity contribution in [1.82, 2.24) is 0 Å². The van der Waals surface area contributed by atoms with Gasteiger partial charge in [0, 0.05) is 0 Å². The first kappa shape index (κ1) is 17.6. The van der Waals surface area contributed by atoms with Gasteiger partial charge in [0.05, 0.1) is 0 Å². The molecule has 4 heteroatoms. The molecule has 0 saturated carbocycles. The Balaban J connectivity index is 0.000001000. The Morgan fingerprint density at radius 3 is 1.75 bits per heavy atom. The van der Waals surface area contributed by atoms with E-state index in [0.29, 0.717) is 0 Å². The van der Waals surface area contributed by atoms with Crippen LogP contribution in [0.1, 0.15) is 0 Å². The zero-order chi connectivity index (χ0) is 12.4. The van der Waals surface area contributed by atoms with E-state index >= 15 is 0 Å². The van der Waals surface area contributed by atoms with Gasteiger partial charge in [0.2, 0.25) is 0 Å². The summed E-state index contributed by atoms with van der Waals surface area (Å²) >= 11 is 2.21. The summed E-state index contributed by atoms with van der Waals surface area (Å²) in [7, 11) is 0.767. The van der Waals surface area contributed by atoms with Crippen LogP contribution in [0.15, 0.2) is 66.7 Å². The molecule has 0 saturated heterocycles. The van der Waals surface area contributed by atoms with Gasteiger partial charge in [0.25, 0.3) is 0 Å². The fourth-order valence-electron chi connectivity index (χ4n) is 2.06. The molecule has 3 rings (SSSR count). The van der Waals surface area contributed by atoms with Crippen LogP contribution in [0.3, 0.4) is 0 Å². The van der Waals surface area contributed by atoms with Crippen LogP contribution in [0.2, 0.25) is 0 Å². The molecule has 1 atom stereocenters. The topological polar surface area (TPSA) is 0 Å². The van der Waals surface area contributed by atoms with Crippen molar-refractivity contribution in [3.05, 3.63) is 66.7 Å². The first-order valence-electron chi connectivity index (χ1n) is 5.90. The fraction of sp³-hybridized carbons (Fsp3) is 0. The van der Waals surface area contributed by atoms with Crippen LogP contribution in [-0.2, 0) is 20.4 Å². The Hall–Kier alpha value is -0.486. The van der Waals surface area contributed by atoms with E-state index < -0.39 is 0 Å². The molecule has 0 fully saturated rings. The van der Waals surface area contributed by atoms with Gasteiger partial charge in [0.15, 0.2) is 0 Å². The Labute approximate surface area is 145 Å². The van der Waals surface area contributed by atoms with Gasteiger partial charge < -0.3 is 24.8 Å². The van der Waals surface area contributed by atoms with Gasteiger partial charge in [-0.15, -0.1) is 0 Å². The van der Waals surface area contributed by atoms with Gasteiger partial charge in [-0.1, -0.05) is 0 Å². The average molecular weight is 354 g/mol.